The van der Waals surface area contributed by atoms with Gasteiger partial charge in [-0.1, -0.05) is 0 Å². The van der Waals surface area contributed by atoms with Crippen LogP contribution in [0.4, 0.5) is 14.5 Å². The van der Waals surface area contributed by atoms with Gasteiger partial charge in [-0.2, -0.15) is 0 Å². The molecule has 2 rings (SSSR count). The second kappa shape index (κ2) is 2.69. The number of carbonyl (C=O) groups is 1. The van der Waals surface area contributed by atoms with E-state index in [2.05, 4.69) is 5.32 Å². The van der Waals surface area contributed by atoms with E-state index in [1.165, 1.54) is 0 Å². The van der Waals surface area contributed by atoms with Crippen molar-refractivity contribution in [3.05, 3.63) is 23.8 Å². The predicted molar refractivity (Wildman–Crippen MR) is 40.5 cm³/mol. The fourth-order valence-electron chi connectivity index (χ4n) is 1.12. The molecule has 3 nitrogen and oxygen atoms in total. The van der Waals surface area contributed by atoms with E-state index in [4.69, 9.17) is 4.74 Å². The monoisotopic (exact) mass is 185 g/mol. The standard InChI is InChI=1S/C8H5F2NO2/c9-4-1-5(10)8-6(2-4)11-7(12)3-13-8/h1-2H,3H2,(H,11,12). The summed E-state index contributed by atoms with van der Waals surface area (Å²) < 4.78 is 30.3. The highest BCUT2D eigenvalue weighted by molar-refractivity contribution is 5.95. The topological polar surface area (TPSA) is 38.3 Å². The maximum Gasteiger partial charge on any atom is 0.262 e. The number of rotatable bonds is 0. The summed E-state index contributed by atoms with van der Waals surface area (Å²) in [5, 5.41) is 2.30. The molecule has 0 saturated carbocycles. The quantitative estimate of drug-likeness (QED) is 0.661. The van der Waals surface area contributed by atoms with Crippen molar-refractivity contribution < 1.29 is 18.3 Å². The van der Waals surface area contributed by atoms with Crippen molar-refractivity contribution in [2.45, 2.75) is 0 Å². The number of amides is 1. The van der Waals surface area contributed by atoms with E-state index in [1.807, 2.05) is 0 Å². The van der Waals surface area contributed by atoms with Crippen LogP contribution in [0.15, 0.2) is 12.1 Å². The molecule has 0 fully saturated rings. The van der Waals surface area contributed by atoms with Gasteiger partial charge < -0.3 is 10.1 Å². The van der Waals surface area contributed by atoms with Crippen molar-refractivity contribution in [2.75, 3.05) is 11.9 Å². The van der Waals surface area contributed by atoms with E-state index in [9.17, 15) is 13.6 Å². The van der Waals surface area contributed by atoms with E-state index in [-0.39, 0.29) is 18.0 Å². The van der Waals surface area contributed by atoms with Crippen molar-refractivity contribution in [3.8, 4) is 5.75 Å². The number of hydrogen-bond acceptors (Lipinski definition) is 2. The molecule has 1 aliphatic rings. The first-order valence-corrected chi connectivity index (χ1v) is 3.58. The third-order valence-corrected chi connectivity index (χ3v) is 1.63. The fourth-order valence-corrected chi connectivity index (χ4v) is 1.12. The molecule has 0 saturated heterocycles. The minimum absolute atomic E-state index is 0.0359. The van der Waals surface area contributed by atoms with E-state index in [1.54, 1.807) is 0 Å². The van der Waals surface area contributed by atoms with Crippen LogP contribution in [0.25, 0.3) is 0 Å². The molecule has 0 spiro atoms. The van der Waals surface area contributed by atoms with Crippen LogP contribution in [0.2, 0.25) is 0 Å². The van der Waals surface area contributed by atoms with Crippen LogP contribution < -0.4 is 10.1 Å². The van der Waals surface area contributed by atoms with Crippen molar-refractivity contribution in [2.24, 2.45) is 0 Å². The molecule has 68 valence electrons. The number of halogens is 2. The minimum Gasteiger partial charge on any atom is -0.478 e. The number of nitrogens with one attached hydrogen (secondary N) is 1. The molecule has 0 atom stereocenters. The molecule has 0 aliphatic carbocycles. The molecule has 0 radical (unpaired) electrons. The van der Waals surface area contributed by atoms with E-state index in [0.29, 0.717) is 6.07 Å². The molecule has 1 aromatic rings. The Kier molecular flexibility index (Phi) is 1.65. The van der Waals surface area contributed by atoms with E-state index < -0.39 is 17.5 Å². The largest absolute Gasteiger partial charge is 0.478 e. The van der Waals surface area contributed by atoms with Gasteiger partial charge >= 0.3 is 0 Å². The van der Waals surface area contributed by atoms with Crippen molar-refractivity contribution >= 4 is 11.6 Å². The summed E-state index contributed by atoms with van der Waals surface area (Å²) in [6.45, 7) is -0.241. The number of benzene rings is 1. The Labute approximate surface area is 72.3 Å². The average molecular weight is 185 g/mol. The zero-order valence-electron chi connectivity index (χ0n) is 6.43. The van der Waals surface area contributed by atoms with Gasteiger partial charge in [0.1, 0.15) is 5.82 Å². The second-order valence-corrected chi connectivity index (χ2v) is 2.60. The number of ether oxygens (including phenoxy) is 1. The summed E-state index contributed by atoms with van der Waals surface area (Å²) in [6, 6.07) is 1.71. The third-order valence-electron chi connectivity index (χ3n) is 1.63. The van der Waals surface area contributed by atoms with Gasteiger partial charge in [-0.05, 0) is 0 Å². The summed E-state index contributed by atoms with van der Waals surface area (Å²) in [5.74, 6) is -2.09. The lowest BCUT2D eigenvalue weighted by molar-refractivity contribution is -0.118. The molecule has 13 heavy (non-hydrogen) atoms. The lowest BCUT2D eigenvalue weighted by atomic mass is 10.2. The Bertz CT molecular complexity index is 379. The van der Waals surface area contributed by atoms with Crippen LogP contribution >= 0.6 is 0 Å². The molecule has 5 heteroatoms. The third kappa shape index (κ3) is 1.32. The lowest BCUT2D eigenvalue weighted by Crippen LogP contribution is -2.26. The molecular weight excluding hydrogens is 180 g/mol. The molecule has 0 bridgehead atoms. The first-order valence-electron chi connectivity index (χ1n) is 3.58. The van der Waals surface area contributed by atoms with Crippen molar-refractivity contribution in [3.63, 3.8) is 0 Å². The molecule has 1 heterocycles. The molecule has 0 aromatic heterocycles. The van der Waals surface area contributed by atoms with Crippen molar-refractivity contribution in [1.29, 1.82) is 0 Å². The SMILES string of the molecule is O=C1COc2c(F)cc(F)cc2N1. The Hall–Kier alpha value is -1.65. The van der Waals surface area contributed by atoms with Crippen LogP contribution in [0, 0.1) is 11.6 Å². The Morgan fingerprint density at radius 1 is 1.38 bits per heavy atom. The zero-order chi connectivity index (χ0) is 9.42. The smallest absolute Gasteiger partial charge is 0.262 e. The molecule has 1 aliphatic heterocycles. The molecular formula is C8H5F2NO2. The maximum absolute atomic E-state index is 12.9. The van der Waals surface area contributed by atoms with Crippen LogP contribution in [-0.2, 0) is 4.79 Å². The lowest BCUT2D eigenvalue weighted by Gasteiger charge is -2.17. The van der Waals surface area contributed by atoms with Gasteiger partial charge in [-0.3, -0.25) is 4.79 Å². The van der Waals surface area contributed by atoms with Crippen LogP contribution in [0.5, 0.6) is 5.75 Å². The van der Waals surface area contributed by atoms with Gasteiger partial charge in [-0.15, -0.1) is 0 Å². The van der Waals surface area contributed by atoms with Crippen molar-refractivity contribution in [1.82, 2.24) is 0 Å². The Morgan fingerprint density at radius 3 is 2.92 bits per heavy atom. The zero-order valence-corrected chi connectivity index (χ0v) is 6.43. The Balaban J connectivity index is 2.53. The van der Waals surface area contributed by atoms with Gasteiger partial charge in [0.2, 0.25) is 0 Å². The first-order chi connectivity index (χ1) is 6.16. The summed E-state index contributed by atoms with van der Waals surface area (Å²) in [4.78, 5) is 10.8. The minimum atomic E-state index is -0.810. The highest BCUT2D eigenvalue weighted by Gasteiger charge is 2.20. The van der Waals surface area contributed by atoms with Gasteiger partial charge in [0.05, 0.1) is 5.69 Å². The van der Waals surface area contributed by atoms with Gasteiger partial charge in [-0.25, -0.2) is 8.78 Å². The molecule has 0 unspecified atom stereocenters. The second-order valence-electron chi connectivity index (χ2n) is 2.60. The van der Waals surface area contributed by atoms with Gasteiger partial charge in [0, 0.05) is 12.1 Å². The van der Waals surface area contributed by atoms with Crippen LogP contribution in [-0.4, -0.2) is 12.5 Å². The fraction of sp³-hybridized carbons (Fsp3) is 0.125. The van der Waals surface area contributed by atoms with E-state index >= 15 is 0 Å². The summed E-state index contributed by atoms with van der Waals surface area (Å²) in [6.07, 6.45) is 0. The number of fused-ring (bicyclic) bond motifs is 1. The molecule has 1 amide bonds. The summed E-state index contributed by atoms with van der Waals surface area (Å²) in [5.41, 5.74) is 0.0359. The average Bonchev–Trinajstić information content (AvgIpc) is 2.02. The highest BCUT2D eigenvalue weighted by atomic mass is 19.1. The maximum atomic E-state index is 12.9. The first kappa shape index (κ1) is 7.97. The molecule has 1 N–H and O–H groups in total. The number of hydrogen-bond donors (Lipinski definition) is 1. The van der Waals surface area contributed by atoms with Crippen LogP contribution in [0.1, 0.15) is 0 Å². The Morgan fingerprint density at radius 2 is 2.15 bits per heavy atom. The van der Waals surface area contributed by atoms with E-state index in [0.717, 1.165) is 6.07 Å². The van der Waals surface area contributed by atoms with Gasteiger partial charge in [0.15, 0.2) is 18.2 Å². The number of anilines is 1. The molecule has 1 aromatic carbocycles. The predicted octanol–water partition coefficient (Wildman–Crippen LogP) is 1.30. The normalized spacial score (nSPS) is 14.5. The van der Waals surface area contributed by atoms with Gasteiger partial charge in [0.25, 0.3) is 5.91 Å². The van der Waals surface area contributed by atoms with Crippen LogP contribution in [0.3, 0.4) is 0 Å². The summed E-state index contributed by atoms with van der Waals surface area (Å²) >= 11 is 0. The summed E-state index contributed by atoms with van der Waals surface area (Å²) in [7, 11) is 0. The highest BCUT2D eigenvalue weighted by Crippen LogP contribution is 2.31. The number of carbonyl (C=O) groups excluding carboxylic acids is 1.